The highest BCUT2D eigenvalue weighted by atomic mass is 16.8. The molecule has 1 N–H and O–H groups in total. The summed E-state index contributed by atoms with van der Waals surface area (Å²) in [5, 5.41) is 2.86. The van der Waals surface area contributed by atoms with Gasteiger partial charge in [-0.3, -0.25) is 9.59 Å². The van der Waals surface area contributed by atoms with Crippen LogP contribution in [0.3, 0.4) is 0 Å². The molecule has 1 amide bonds. The van der Waals surface area contributed by atoms with Gasteiger partial charge in [0.2, 0.25) is 0 Å². The van der Waals surface area contributed by atoms with E-state index in [9.17, 15) is 14.4 Å². The summed E-state index contributed by atoms with van der Waals surface area (Å²) in [7, 11) is 1.41. The average Bonchev–Trinajstić information content (AvgIpc) is 3.20. The Morgan fingerprint density at radius 3 is 1.84 bits per heavy atom. The van der Waals surface area contributed by atoms with E-state index in [2.05, 4.69) is 5.32 Å². The van der Waals surface area contributed by atoms with Gasteiger partial charge in [-0.15, -0.1) is 0 Å². The van der Waals surface area contributed by atoms with E-state index in [-0.39, 0.29) is 33.0 Å². The van der Waals surface area contributed by atoms with Gasteiger partial charge >= 0.3 is 18.0 Å². The van der Waals surface area contributed by atoms with Crippen LogP contribution in [0.4, 0.5) is 4.79 Å². The molecule has 3 aliphatic heterocycles. The maximum Gasteiger partial charge on any atom is 0.407 e. The first kappa shape index (κ1) is 42.2. The molecule has 10 atom stereocenters. The highest BCUT2D eigenvalue weighted by Gasteiger charge is 2.57. The Labute approximate surface area is 332 Å². The zero-order valence-corrected chi connectivity index (χ0v) is 32.7. The van der Waals surface area contributed by atoms with Crippen molar-refractivity contribution in [3.63, 3.8) is 0 Å². The number of carbonyl (C=O) groups is 3. The highest BCUT2D eigenvalue weighted by molar-refractivity contribution is 5.68. The van der Waals surface area contributed by atoms with E-state index >= 15 is 0 Å². The number of ether oxygens (including phenoxy) is 11. The lowest BCUT2D eigenvalue weighted by atomic mass is 9.94. The van der Waals surface area contributed by atoms with Gasteiger partial charge < -0.3 is 57.4 Å². The number of fused-ring (bicyclic) bond motifs is 1. The minimum absolute atomic E-state index is 0.00368. The maximum absolute atomic E-state index is 13.4. The van der Waals surface area contributed by atoms with Gasteiger partial charge in [-0.1, -0.05) is 91.0 Å². The lowest BCUT2D eigenvalue weighted by molar-refractivity contribution is -0.400. The minimum Gasteiger partial charge on any atom is -0.463 e. The van der Waals surface area contributed by atoms with Crippen LogP contribution in [-0.2, 0) is 81.5 Å². The number of nitrogens with one attached hydrogen (secondary N) is 1. The SMILES string of the molecule is CO[C@H]1O[C@H](COC(C)=O)[C@@H](O[C@@H]2O[C@H]3COC(C)(C)O[C@H]3[C@H](OCc3ccccc3)[C@H]2OC(C)=O)[C@H](OCc2ccccc2)[C@H]1NC(=O)OCc1ccccc1. The largest absolute Gasteiger partial charge is 0.463 e. The molecule has 3 heterocycles. The quantitative estimate of drug-likeness (QED) is 0.168. The molecule has 0 bridgehead atoms. The van der Waals surface area contributed by atoms with Gasteiger partial charge in [-0.2, -0.15) is 0 Å². The van der Waals surface area contributed by atoms with Crippen LogP contribution in [0.2, 0.25) is 0 Å². The molecule has 0 radical (unpaired) electrons. The molecule has 0 aromatic heterocycles. The Hall–Kier alpha value is -4.45. The molecule has 0 unspecified atom stereocenters. The van der Waals surface area contributed by atoms with Crippen LogP contribution in [0.25, 0.3) is 0 Å². The Morgan fingerprint density at radius 2 is 1.28 bits per heavy atom. The van der Waals surface area contributed by atoms with Crippen molar-refractivity contribution in [3.05, 3.63) is 108 Å². The zero-order valence-electron chi connectivity index (χ0n) is 32.7. The third-order valence-electron chi connectivity index (χ3n) is 9.60. The fourth-order valence-electron chi connectivity index (χ4n) is 6.96. The number of methoxy groups -OCH3 is 1. The van der Waals surface area contributed by atoms with Crippen molar-refractivity contribution in [3.8, 4) is 0 Å². The van der Waals surface area contributed by atoms with Gasteiger partial charge in [-0.05, 0) is 30.5 Å². The number of hydrogen-bond acceptors (Lipinski definition) is 14. The summed E-state index contributed by atoms with van der Waals surface area (Å²) in [5.41, 5.74) is 2.48. The molecule has 3 aromatic carbocycles. The first-order chi connectivity index (χ1) is 27.5. The van der Waals surface area contributed by atoms with Crippen molar-refractivity contribution in [1.29, 1.82) is 0 Å². The number of rotatable bonds is 15. The molecule has 15 heteroatoms. The van der Waals surface area contributed by atoms with Crippen LogP contribution < -0.4 is 5.32 Å². The summed E-state index contributed by atoms with van der Waals surface area (Å²) in [6.07, 6.45) is -10.1. The van der Waals surface area contributed by atoms with E-state index in [0.29, 0.717) is 0 Å². The normalized spacial score (nSPS) is 29.4. The standard InChI is InChI=1S/C42H51NO14/c1-26(44)48-24-31-34(36(49-21-28-15-9-6-10-16-28)33(39(47-5)54-31)43-41(46)51-23-30-19-13-8-14-20-30)56-40-38(53-27(2)45)37(50-22-29-17-11-7-12-18-29)35-32(55-40)25-52-42(3,4)57-35/h6-20,31-40H,21-25H2,1-5H3,(H,43,46)/t31-,32+,33-,34-,35-,36-,37+,38-,39+,40+/m1/s1. The van der Waals surface area contributed by atoms with Crippen LogP contribution in [-0.4, -0.2) is 105 Å². The van der Waals surface area contributed by atoms with Gasteiger partial charge in [0, 0.05) is 21.0 Å². The maximum atomic E-state index is 13.4. The van der Waals surface area contributed by atoms with Crippen molar-refractivity contribution in [1.82, 2.24) is 5.32 Å². The van der Waals surface area contributed by atoms with E-state index in [4.69, 9.17) is 52.1 Å². The van der Waals surface area contributed by atoms with E-state index in [1.165, 1.54) is 21.0 Å². The molecule has 0 aliphatic carbocycles. The van der Waals surface area contributed by atoms with Crippen molar-refractivity contribution >= 4 is 18.0 Å². The molecule has 3 saturated heterocycles. The molecule has 0 spiro atoms. The second kappa shape index (κ2) is 19.8. The highest BCUT2D eigenvalue weighted by Crippen LogP contribution is 2.38. The minimum atomic E-state index is -1.33. The Balaban J connectivity index is 1.34. The summed E-state index contributed by atoms with van der Waals surface area (Å²) in [4.78, 5) is 38.4. The first-order valence-corrected chi connectivity index (χ1v) is 18.9. The Bertz CT molecular complexity index is 1730. The second-order valence-corrected chi connectivity index (χ2v) is 14.3. The fraction of sp³-hybridized carbons (Fsp3) is 0.500. The molecule has 3 aliphatic rings. The predicted octanol–water partition coefficient (Wildman–Crippen LogP) is 4.58. The second-order valence-electron chi connectivity index (χ2n) is 14.3. The lowest BCUT2D eigenvalue weighted by Gasteiger charge is -2.52. The monoisotopic (exact) mass is 793 g/mol. The van der Waals surface area contributed by atoms with Gasteiger partial charge in [0.05, 0.1) is 19.8 Å². The summed E-state index contributed by atoms with van der Waals surface area (Å²) in [6.45, 7) is 6.13. The van der Waals surface area contributed by atoms with Crippen LogP contribution in [0.1, 0.15) is 44.4 Å². The molecule has 15 nitrogen and oxygen atoms in total. The lowest BCUT2D eigenvalue weighted by Crippen LogP contribution is -2.70. The molecule has 3 fully saturated rings. The van der Waals surface area contributed by atoms with Crippen LogP contribution >= 0.6 is 0 Å². The van der Waals surface area contributed by atoms with Gasteiger partial charge in [0.25, 0.3) is 0 Å². The molecule has 6 rings (SSSR count). The number of carbonyl (C=O) groups excluding carboxylic acids is 3. The fourth-order valence-corrected chi connectivity index (χ4v) is 6.96. The van der Waals surface area contributed by atoms with Crippen molar-refractivity contribution in [2.75, 3.05) is 20.3 Å². The summed E-state index contributed by atoms with van der Waals surface area (Å²) < 4.78 is 68.0. The van der Waals surface area contributed by atoms with E-state index in [1.54, 1.807) is 13.8 Å². The number of hydrogen-bond donors (Lipinski definition) is 1. The molecule has 57 heavy (non-hydrogen) atoms. The van der Waals surface area contributed by atoms with Crippen LogP contribution in [0, 0.1) is 0 Å². The topological polar surface area (TPSA) is 165 Å². The van der Waals surface area contributed by atoms with E-state index < -0.39 is 85.2 Å². The van der Waals surface area contributed by atoms with Gasteiger partial charge in [0.1, 0.15) is 55.9 Å². The zero-order chi connectivity index (χ0) is 40.4. The van der Waals surface area contributed by atoms with E-state index in [1.807, 2.05) is 91.0 Å². The van der Waals surface area contributed by atoms with Crippen LogP contribution in [0.15, 0.2) is 91.0 Å². The summed E-state index contributed by atoms with van der Waals surface area (Å²) in [6, 6.07) is 27.1. The smallest absolute Gasteiger partial charge is 0.407 e. The molecule has 308 valence electrons. The number of esters is 2. The molecular weight excluding hydrogens is 742 g/mol. The molecule has 0 saturated carbocycles. The van der Waals surface area contributed by atoms with Crippen molar-refractivity contribution < 1.29 is 66.5 Å². The third-order valence-corrected chi connectivity index (χ3v) is 9.60. The number of amides is 1. The first-order valence-electron chi connectivity index (χ1n) is 18.9. The summed E-state index contributed by atoms with van der Waals surface area (Å²) in [5.74, 6) is -2.19. The van der Waals surface area contributed by atoms with Gasteiger partial charge in [0.15, 0.2) is 24.5 Å². The molecule has 3 aromatic rings. The predicted molar refractivity (Wildman–Crippen MR) is 200 cm³/mol. The van der Waals surface area contributed by atoms with Crippen molar-refractivity contribution in [2.45, 2.75) is 115 Å². The van der Waals surface area contributed by atoms with E-state index in [0.717, 1.165) is 16.7 Å². The van der Waals surface area contributed by atoms with Crippen LogP contribution in [0.5, 0.6) is 0 Å². The summed E-state index contributed by atoms with van der Waals surface area (Å²) >= 11 is 0. The number of alkyl carbamates (subject to hydrolysis) is 1. The molecular formula is C42H51NO14. The Kier molecular flexibility index (Phi) is 14.7. The number of benzene rings is 3. The Morgan fingerprint density at radius 1 is 0.702 bits per heavy atom. The third kappa shape index (κ3) is 11.6. The van der Waals surface area contributed by atoms with Crippen molar-refractivity contribution in [2.24, 2.45) is 0 Å². The average molecular weight is 794 g/mol. The van der Waals surface area contributed by atoms with Gasteiger partial charge in [-0.25, -0.2) is 4.79 Å².